The third-order valence-electron chi connectivity index (χ3n) is 7.72. The van der Waals surface area contributed by atoms with Crippen molar-refractivity contribution < 1.29 is 38.7 Å². The van der Waals surface area contributed by atoms with Gasteiger partial charge >= 0.3 is 0 Å². The van der Waals surface area contributed by atoms with Crippen molar-refractivity contribution in [1.29, 1.82) is 0 Å². The summed E-state index contributed by atoms with van der Waals surface area (Å²) >= 11 is 0. The highest BCUT2D eigenvalue weighted by molar-refractivity contribution is 6.06. The molecule has 43 heavy (non-hydrogen) atoms. The molecular weight excluding hydrogens is 552 g/mol. The molecule has 0 saturated carbocycles. The molecule has 0 bridgehead atoms. The van der Waals surface area contributed by atoms with Gasteiger partial charge in [0.1, 0.15) is 36.1 Å². The van der Waals surface area contributed by atoms with Gasteiger partial charge in [0, 0.05) is 29.7 Å². The van der Waals surface area contributed by atoms with Gasteiger partial charge in [-0.2, -0.15) is 0 Å². The number of aliphatic hydroxyl groups is 2. The summed E-state index contributed by atoms with van der Waals surface area (Å²) in [4.78, 5) is 17.7. The Morgan fingerprint density at radius 2 is 1.84 bits per heavy atom. The number of nitrogens with one attached hydrogen (secondary N) is 1. The van der Waals surface area contributed by atoms with Gasteiger partial charge in [-0.05, 0) is 67.9 Å². The average Bonchev–Trinajstić information content (AvgIpc) is 3.02. The first-order valence-electron chi connectivity index (χ1n) is 13.8. The molecule has 10 heteroatoms. The van der Waals surface area contributed by atoms with E-state index in [9.17, 15) is 15.0 Å². The van der Waals surface area contributed by atoms with Crippen LogP contribution >= 0.6 is 0 Å². The van der Waals surface area contributed by atoms with E-state index in [0.717, 1.165) is 16.5 Å². The quantitative estimate of drug-likeness (QED) is 0.260. The molecule has 3 N–H and O–H groups in total. The highest BCUT2D eigenvalue weighted by Gasteiger charge is 2.53. The third kappa shape index (κ3) is 6.28. The van der Waals surface area contributed by atoms with Crippen molar-refractivity contribution in [3.8, 4) is 28.4 Å². The summed E-state index contributed by atoms with van der Waals surface area (Å²) in [6.07, 6.45) is -0.370. The lowest BCUT2D eigenvalue weighted by Crippen LogP contribution is -2.67. The maximum Gasteiger partial charge on any atom is 0.255 e. The number of anilines is 1. The van der Waals surface area contributed by atoms with E-state index in [1.807, 2.05) is 30.3 Å². The Morgan fingerprint density at radius 1 is 1.02 bits per heavy atom. The van der Waals surface area contributed by atoms with Crippen LogP contribution in [0.4, 0.5) is 5.69 Å². The van der Waals surface area contributed by atoms with E-state index in [4.69, 9.17) is 23.7 Å². The van der Waals surface area contributed by atoms with E-state index in [0.29, 0.717) is 34.0 Å². The maximum absolute atomic E-state index is 13.2. The second-order valence-electron chi connectivity index (χ2n) is 11.1. The van der Waals surface area contributed by atoms with Gasteiger partial charge in [0.05, 0.1) is 43.8 Å². The number of amides is 1. The number of methoxy groups -OCH3 is 3. The Kier molecular flexibility index (Phi) is 8.57. The summed E-state index contributed by atoms with van der Waals surface area (Å²) in [5, 5.41) is 25.5. The van der Waals surface area contributed by atoms with Crippen LogP contribution in [0.25, 0.3) is 22.0 Å². The largest absolute Gasteiger partial charge is 0.497 e. The van der Waals surface area contributed by atoms with Gasteiger partial charge in [-0.15, -0.1) is 0 Å². The lowest BCUT2D eigenvalue weighted by Gasteiger charge is -2.48. The van der Waals surface area contributed by atoms with E-state index < -0.39 is 23.4 Å². The number of carbonyl (C=O) groups is 1. The summed E-state index contributed by atoms with van der Waals surface area (Å²) in [5.74, 6) is 1.49. The molecule has 3 atom stereocenters. The SMILES string of the molecule is COc1cccc(-c2cc(C(=O)Nc3cnc4cc(OCC5(O)COC(C)(C)C(OC)C5O)ccc4c3)ccc2OC)c1. The fourth-order valence-electron chi connectivity index (χ4n) is 5.22. The molecule has 3 unspecified atom stereocenters. The first kappa shape index (κ1) is 30.2. The molecule has 10 nitrogen and oxygen atoms in total. The molecule has 226 valence electrons. The Balaban J connectivity index is 1.29. The van der Waals surface area contributed by atoms with Crippen molar-refractivity contribution in [2.45, 2.75) is 37.3 Å². The van der Waals surface area contributed by atoms with Gasteiger partial charge in [0.15, 0.2) is 5.60 Å². The Morgan fingerprint density at radius 3 is 2.58 bits per heavy atom. The number of fused-ring (bicyclic) bond motifs is 1. The molecule has 4 aromatic rings. The van der Waals surface area contributed by atoms with Crippen LogP contribution in [0.1, 0.15) is 24.2 Å². The van der Waals surface area contributed by atoms with Crippen molar-refractivity contribution >= 4 is 22.5 Å². The van der Waals surface area contributed by atoms with E-state index in [1.165, 1.54) is 7.11 Å². The maximum atomic E-state index is 13.2. The summed E-state index contributed by atoms with van der Waals surface area (Å²) in [6, 6.07) is 19.9. The van der Waals surface area contributed by atoms with Gasteiger partial charge in [-0.3, -0.25) is 9.78 Å². The lowest BCUT2D eigenvalue weighted by atomic mass is 9.83. The Labute approximate surface area is 250 Å². The average molecular weight is 589 g/mol. The fraction of sp³-hybridized carbons (Fsp3) is 0.333. The number of rotatable bonds is 9. The van der Waals surface area contributed by atoms with E-state index in [1.54, 1.807) is 70.7 Å². The number of hydrogen-bond acceptors (Lipinski definition) is 9. The number of aliphatic hydroxyl groups excluding tert-OH is 1. The smallest absolute Gasteiger partial charge is 0.255 e. The van der Waals surface area contributed by atoms with Crippen LogP contribution in [0.2, 0.25) is 0 Å². The fourth-order valence-corrected chi connectivity index (χ4v) is 5.22. The van der Waals surface area contributed by atoms with Gasteiger partial charge in [0.25, 0.3) is 5.91 Å². The molecule has 0 aliphatic carbocycles. The molecule has 1 aliphatic heterocycles. The molecule has 3 aromatic carbocycles. The topological polar surface area (TPSA) is 129 Å². The van der Waals surface area contributed by atoms with Crippen LogP contribution in [0.3, 0.4) is 0 Å². The molecule has 0 radical (unpaired) electrons. The van der Waals surface area contributed by atoms with Crippen molar-refractivity contribution in [2.24, 2.45) is 0 Å². The summed E-state index contributed by atoms with van der Waals surface area (Å²) in [5.41, 5.74) is 0.812. The summed E-state index contributed by atoms with van der Waals surface area (Å²) in [6.45, 7) is 3.29. The highest BCUT2D eigenvalue weighted by Crippen LogP contribution is 2.35. The lowest BCUT2D eigenvalue weighted by molar-refractivity contribution is -0.274. The first-order chi connectivity index (χ1) is 20.6. The minimum absolute atomic E-state index is 0.106. The molecule has 1 aromatic heterocycles. The van der Waals surface area contributed by atoms with Gasteiger partial charge in [-0.1, -0.05) is 12.1 Å². The molecule has 2 heterocycles. The number of hydrogen-bond donors (Lipinski definition) is 3. The number of carbonyl (C=O) groups excluding carboxylic acids is 1. The predicted molar refractivity (Wildman–Crippen MR) is 162 cm³/mol. The number of ether oxygens (including phenoxy) is 5. The normalized spacial score (nSPS) is 21.3. The first-order valence-corrected chi connectivity index (χ1v) is 13.8. The standard InChI is InChI=1S/C33H36N2O8/c1-32(2)30(41-5)29(36)33(38,19-43-32)18-42-25-11-9-21-13-23(17-34-27(21)16-25)35-31(37)22-10-12-28(40-4)26(15-22)20-7-6-8-24(14-20)39-3/h6-17,29-30,36,38H,18-19H2,1-5H3,(H,35,37). The Bertz CT molecular complexity index is 1620. The summed E-state index contributed by atoms with van der Waals surface area (Å²) < 4.78 is 27.9. The second-order valence-corrected chi connectivity index (χ2v) is 11.1. The number of nitrogens with zero attached hydrogens (tertiary/aromatic N) is 1. The van der Waals surface area contributed by atoms with E-state index in [-0.39, 0.29) is 19.1 Å². The van der Waals surface area contributed by atoms with Gasteiger partial charge in [-0.25, -0.2) is 0 Å². The van der Waals surface area contributed by atoms with Crippen LogP contribution in [-0.4, -0.2) is 79.1 Å². The van der Waals surface area contributed by atoms with Crippen molar-refractivity contribution in [2.75, 3.05) is 39.9 Å². The van der Waals surface area contributed by atoms with Crippen LogP contribution in [0.5, 0.6) is 17.2 Å². The monoisotopic (exact) mass is 588 g/mol. The number of benzene rings is 3. The van der Waals surface area contributed by atoms with Gasteiger partial charge < -0.3 is 39.2 Å². The van der Waals surface area contributed by atoms with Crippen LogP contribution in [0.15, 0.2) is 72.9 Å². The predicted octanol–water partition coefficient (Wildman–Crippen LogP) is 4.47. The van der Waals surface area contributed by atoms with E-state index in [2.05, 4.69) is 10.3 Å². The van der Waals surface area contributed by atoms with Crippen LogP contribution in [-0.2, 0) is 9.47 Å². The molecule has 1 amide bonds. The molecule has 1 saturated heterocycles. The Hall–Kier alpha value is -4.22. The van der Waals surface area contributed by atoms with Crippen LogP contribution in [0, 0.1) is 0 Å². The zero-order valence-corrected chi connectivity index (χ0v) is 24.8. The molecular formula is C33H36N2O8. The highest BCUT2D eigenvalue weighted by atomic mass is 16.6. The van der Waals surface area contributed by atoms with E-state index >= 15 is 0 Å². The second kappa shape index (κ2) is 12.2. The third-order valence-corrected chi connectivity index (χ3v) is 7.72. The molecule has 5 rings (SSSR count). The van der Waals surface area contributed by atoms with Crippen molar-refractivity contribution in [3.05, 3.63) is 78.5 Å². The van der Waals surface area contributed by atoms with Crippen molar-refractivity contribution in [1.82, 2.24) is 4.98 Å². The minimum atomic E-state index is -1.65. The number of aromatic nitrogens is 1. The summed E-state index contributed by atoms with van der Waals surface area (Å²) in [7, 11) is 4.66. The zero-order valence-electron chi connectivity index (χ0n) is 24.8. The van der Waals surface area contributed by atoms with Crippen LogP contribution < -0.4 is 19.5 Å². The zero-order chi connectivity index (χ0) is 30.8. The van der Waals surface area contributed by atoms with Gasteiger partial charge in [0.2, 0.25) is 0 Å². The molecule has 0 spiro atoms. The number of pyridine rings is 1. The van der Waals surface area contributed by atoms with Crippen molar-refractivity contribution in [3.63, 3.8) is 0 Å². The molecule has 1 fully saturated rings. The molecule has 1 aliphatic rings. The minimum Gasteiger partial charge on any atom is -0.497 e.